The highest BCUT2D eigenvalue weighted by Crippen LogP contribution is 2.44. The van der Waals surface area contributed by atoms with E-state index in [0.29, 0.717) is 0 Å². The maximum Gasteiger partial charge on any atom is 0.136 e. The zero-order chi connectivity index (χ0) is 29.2. The van der Waals surface area contributed by atoms with Gasteiger partial charge in [-0.1, -0.05) is 78.9 Å². The van der Waals surface area contributed by atoms with Crippen LogP contribution in [0.1, 0.15) is 0 Å². The minimum atomic E-state index is 0.926. The highest BCUT2D eigenvalue weighted by molar-refractivity contribution is 7.25. The molecule has 11 aromatic rings. The van der Waals surface area contributed by atoms with Gasteiger partial charge in [-0.15, -0.1) is 11.3 Å². The van der Waals surface area contributed by atoms with Crippen molar-refractivity contribution in [3.63, 3.8) is 0 Å². The van der Waals surface area contributed by atoms with Crippen molar-refractivity contribution in [2.45, 2.75) is 0 Å². The van der Waals surface area contributed by atoms with Crippen LogP contribution in [0, 0.1) is 0 Å². The molecule has 3 heteroatoms. The molecule has 208 valence electrons. The van der Waals surface area contributed by atoms with Gasteiger partial charge in [-0.2, -0.15) is 0 Å². The molecule has 0 amide bonds. The van der Waals surface area contributed by atoms with Gasteiger partial charge in [0, 0.05) is 47.4 Å². The molecule has 0 bridgehead atoms. The van der Waals surface area contributed by atoms with Crippen molar-refractivity contribution in [2.24, 2.45) is 0 Å². The molecule has 0 saturated heterocycles. The first-order chi connectivity index (χ1) is 22.3. The van der Waals surface area contributed by atoms with Crippen LogP contribution in [0.15, 0.2) is 144 Å². The summed E-state index contributed by atoms with van der Waals surface area (Å²) in [6, 6.07) is 51.2. The van der Waals surface area contributed by atoms with Crippen molar-refractivity contribution < 1.29 is 4.42 Å². The van der Waals surface area contributed by atoms with E-state index in [1.54, 1.807) is 0 Å². The fourth-order valence-corrected chi connectivity index (χ4v) is 8.85. The van der Waals surface area contributed by atoms with Crippen LogP contribution in [0.2, 0.25) is 0 Å². The molecule has 0 radical (unpaired) electrons. The highest BCUT2D eigenvalue weighted by Gasteiger charge is 2.18. The van der Waals surface area contributed by atoms with Crippen LogP contribution in [0.4, 0.5) is 0 Å². The topological polar surface area (TPSA) is 18.1 Å². The predicted octanol–water partition coefficient (Wildman–Crippen LogP) is 12.5. The molecular formula is C42H23NOS. The van der Waals surface area contributed by atoms with Crippen molar-refractivity contribution in [1.82, 2.24) is 4.57 Å². The first-order valence-electron chi connectivity index (χ1n) is 15.3. The summed E-state index contributed by atoms with van der Waals surface area (Å²) in [4.78, 5) is 0. The molecule has 11 rings (SSSR count). The number of nitrogens with zero attached hydrogens (tertiary/aromatic N) is 1. The quantitative estimate of drug-likeness (QED) is 0.174. The lowest BCUT2D eigenvalue weighted by molar-refractivity contribution is 0.669. The minimum Gasteiger partial charge on any atom is -0.456 e. The van der Waals surface area contributed by atoms with Crippen LogP contribution >= 0.6 is 11.3 Å². The monoisotopic (exact) mass is 589 g/mol. The zero-order valence-electron chi connectivity index (χ0n) is 24.0. The summed E-state index contributed by atoms with van der Waals surface area (Å²) >= 11 is 1.86. The smallest absolute Gasteiger partial charge is 0.136 e. The number of rotatable bonds is 1. The second-order valence-corrected chi connectivity index (χ2v) is 13.2. The Bertz CT molecular complexity index is 3050. The van der Waals surface area contributed by atoms with Crippen LogP contribution in [-0.2, 0) is 0 Å². The zero-order valence-corrected chi connectivity index (χ0v) is 24.9. The second-order valence-electron chi connectivity index (χ2n) is 12.1. The third-order valence-electron chi connectivity index (χ3n) is 9.74. The third kappa shape index (κ3) is 3.13. The van der Waals surface area contributed by atoms with Gasteiger partial charge in [0.1, 0.15) is 11.2 Å². The minimum absolute atomic E-state index is 0.926. The molecule has 0 spiro atoms. The Hall–Kier alpha value is -5.64. The Kier molecular flexibility index (Phi) is 4.49. The molecule has 0 atom stereocenters. The summed E-state index contributed by atoms with van der Waals surface area (Å²) in [5.41, 5.74) is 5.46. The molecular weight excluding hydrogens is 567 g/mol. The van der Waals surface area contributed by atoms with Crippen LogP contribution in [0.5, 0.6) is 0 Å². The van der Waals surface area contributed by atoms with Crippen LogP contribution in [0.3, 0.4) is 0 Å². The van der Waals surface area contributed by atoms with Crippen molar-refractivity contribution in [1.29, 1.82) is 0 Å². The average molecular weight is 590 g/mol. The van der Waals surface area contributed by atoms with Gasteiger partial charge in [0.15, 0.2) is 0 Å². The number of para-hydroxylation sites is 2. The molecule has 0 aliphatic carbocycles. The normalized spacial score (nSPS) is 12.4. The number of fused-ring (bicyclic) bond motifs is 15. The van der Waals surface area contributed by atoms with Crippen LogP contribution in [-0.4, -0.2) is 4.57 Å². The number of aromatic nitrogens is 1. The van der Waals surface area contributed by atoms with Crippen molar-refractivity contribution in [3.05, 3.63) is 140 Å². The fourth-order valence-electron chi connectivity index (χ4n) is 7.76. The fraction of sp³-hybridized carbons (Fsp3) is 0. The molecule has 0 unspecified atom stereocenters. The summed E-state index contributed by atoms with van der Waals surface area (Å²) in [5.74, 6) is 0. The Labute approximate surface area is 260 Å². The van der Waals surface area contributed by atoms with Gasteiger partial charge in [0.05, 0.1) is 11.0 Å². The van der Waals surface area contributed by atoms with Crippen molar-refractivity contribution in [3.8, 4) is 5.69 Å². The lowest BCUT2D eigenvalue weighted by Gasteiger charge is -2.13. The molecule has 0 N–H and O–H groups in total. The Morgan fingerprint density at radius 3 is 1.82 bits per heavy atom. The van der Waals surface area contributed by atoms with Gasteiger partial charge in [-0.05, 0) is 93.0 Å². The number of furan rings is 1. The van der Waals surface area contributed by atoms with E-state index in [1.807, 2.05) is 17.4 Å². The van der Waals surface area contributed by atoms with Crippen molar-refractivity contribution >= 4 is 108 Å². The van der Waals surface area contributed by atoms with E-state index >= 15 is 0 Å². The summed E-state index contributed by atoms with van der Waals surface area (Å²) in [7, 11) is 0. The summed E-state index contributed by atoms with van der Waals surface area (Å²) in [6.45, 7) is 0. The Balaban J connectivity index is 1.32. The molecule has 8 aromatic carbocycles. The summed E-state index contributed by atoms with van der Waals surface area (Å²) in [5, 5.41) is 15.0. The summed E-state index contributed by atoms with van der Waals surface area (Å²) in [6.07, 6.45) is 0. The molecule has 3 aromatic heterocycles. The number of hydrogen-bond donors (Lipinski definition) is 0. The highest BCUT2D eigenvalue weighted by atomic mass is 32.1. The molecule has 2 nitrogen and oxygen atoms in total. The van der Waals surface area contributed by atoms with Gasteiger partial charge in [-0.25, -0.2) is 0 Å². The number of hydrogen-bond acceptors (Lipinski definition) is 2. The van der Waals surface area contributed by atoms with Gasteiger partial charge in [-0.3, -0.25) is 0 Å². The Morgan fingerprint density at radius 2 is 0.978 bits per heavy atom. The van der Waals surface area contributed by atoms with E-state index in [2.05, 4.69) is 138 Å². The van der Waals surface area contributed by atoms with Gasteiger partial charge in [0.25, 0.3) is 0 Å². The first-order valence-corrected chi connectivity index (χ1v) is 16.2. The molecule has 0 aliphatic heterocycles. The molecule has 0 aliphatic rings. The summed E-state index contributed by atoms with van der Waals surface area (Å²) < 4.78 is 11.5. The van der Waals surface area contributed by atoms with Gasteiger partial charge < -0.3 is 8.98 Å². The first kappa shape index (κ1) is 23.8. The predicted molar refractivity (Wildman–Crippen MR) is 193 cm³/mol. The lowest BCUT2D eigenvalue weighted by atomic mass is 9.92. The van der Waals surface area contributed by atoms with Gasteiger partial charge >= 0.3 is 0 Å². The van der Waals surface area contributed by atoms with E-state index < -0.39 is 0 Å². The van der Waals surface area contributed by atoms with E-state index in [-0.39, 0.29) is 0 Å². The van der Waals surface area contributed by atoms with E-state index in [4.69, 9.17) is 4.42 Å². The largest absolute Gasteiger partial charge is 0.456 e. The number of thiophene rings is 1. The second kappa shape index (κ2) is 8.50. The standard InChI is InChI=1S/C42H23NOS/c1-2-10-26-25(9-1)30-20-34-27-11-3-6-14-37(27)43(24-17-18-42-36(19-24)29-13-5-8-16-41(29)45-42)38(34)22-32(30)33-23-40-35(21-31(26)33)28-12-4-7-15-39(28)44-40/h1-23H. The SMILES string of the molecule is c1ccc2c(c1)oc1cc3c(cc12)c1ccccc1c1cc2c4ccccc4n(-c4ccc5sc6ccccc6c5c4)c2cc31. The van der Waals surface area contributed by atoms with Crippen LogP contribution < -0.4 is 0 Å². The lowest BCUT2D eigenvalue weighted by Crippen LogP contribution is -1.93. The molecule has 3 heterocycles. The molecule has 45 heavy (non-hydrogen) atoms. The third-order valence-corrected chi connectivity index (χ3v) is 10.9. The van der Waals surface area contributed by atoms with Crippen molar-refractivity contribution in [2.75, 3.05) is 0 Å². The molecule has 0 saturated carbocycles. The van der Waals surface area contributed by atoms with E-state index in [0.717, 1.165) is 21.9 Å². The van der Waals surface area contributed by atoms with Crippen LogP contribution in [0.25, 0.3) is 102 Å². The average Bonchev–Trinajstić information content (AvgIpc) is 3.75. The number of benzene rings is 8. The molecule has 0 fully saturated rings. The maximum absolute atomic E-state index is 6.41. The maximum atomic E-state index is 6.41. The van der Waals surface area contributed by atoms with Gasteiger partial charge in [0.2, 0.25) is 0 Å². The van der Waals surface area contributed by atoms with E-state index in [1.165, 1.54) is 80.0 Å². The Morgan fingerprint density at radius 1 is 0.356 bits per heavy atom. The van der Waals surface area contributed by atoms with E-state index in [9.17, 15) is 0 Å².